The third kappa shape index (κ3) is 4.13. The lowest BCUT2D eigenvalue weighted by Crippen LogP contribution is -2.33. The molecule has 0 aliphatic carbocycles. The average Bonchev–Trinajstić information content (AvgIpc) is 2.69. The number of urea groups is 1. The number of ketones is 1. The van der Waals surface area contributed by atoms with Crippen molar-refractivity contribution in [3.63, 3.8) is 0 Å². The van der Waals surface area contributed by atoms with Crippen LogP contribution in [0.4, 0.5) is 29.3 Å². The summed E-state index contributed by atoms with van der Waals surface area (Å²) in [6.45, 7) is 1.80. The van der Waals surface area contributed by atoms with Gasteiger partial charge in [-0.3, -0.25) is 9.69 Å². The van der Waals surface area contributed by atoms with Gasteiger partial charge in [-0.15, -0.1) is 0 Å². The van der Waals surface area contributed by atoms with Gasteiger partial charge in [0.25, 0.3) is 0 Å². The van der Waals surface area contributed by atoms with Gasteiger partial charge in [0.15, 0.2) is 5.78 Å². The number of hydrogen-bond acceptors (Lipinski definition) is 2. The van der Waals surface area contributed by atoms with Crippen molar-refractivity contribution in [2.45, 2.75) is 13.1 Å². The van der Waals surface area contributed by atoms with Crippen LogP contribution in [0.15, 0.2) is 72.8 Å². The number of nitrogens with two attached hydrogens (primary N) is 1. The standard InChI is InChI=1S/C22H17F3N2O2/c1-14-6-2-4-8-18(14)27(21(26)29)19-9-5-3-7-17(19)20(28)15-10-12-16(13-11-15)22(23,24)25/h2-13H,1H3,(H2,26,29). The van der Waals surface area contributed by atoms with Crippen LogP contribution in [0.25, 0.3) is 0 Å². The molecule has 0 saturated heterocycles. The van der Waals surface area contributed by atoms with Crippen molar-refractivity contribution in [2.75, 3.05) is 4.90 Å². The fourth-order valence-corrected chi connectivity index (χ4v) is 3.01. The first-order chi connectivity index (χ1) is 13.7. The molecule has 2 N–H and O–H groups in total. The number of rotatable bonds is 4. The maximum absolute atomic E-state index is 13.0. The van der Waals surface area contributed by atoms with Crippen LogP contribution in [0.5, 0.6) is 0 Å². The second-order valence-electron chi connectivity index (χ2n) is 6.38. The molecule has 3 rings (SSSR count). The number of amides is 2. The smallest absolute Gasteiger partial charge is 0.351 e. The van der Waals surface area contributed by atoms with Crippen LogP contribution in [0.3, 0.4) is 0 Å². The number of carbonyl (C=O) groups is 2. The van der Waals surface area contributed by atoms with Crippen molar-refractivity contribution in [3.05, 3.63) is 95.1 Å². The highest BCUT2D eigenvalue weighted by Gasteiger charge is 2.30. The molecular weight excluding hydrogens is 381 g/mol. The molecule has 3 aromatic rings. The summed E-state index contributed by atoms with van der Waals surface area (Å²) in [6, 6.07) is 16.5. The van der Waals surface area contributed by atoms with Gasteiger partial charge in [0.2, 0.25) is 0 Å². The number of halogens is 3. The normalized spacial score (nSPS) is 11.2. The Bertz CT molecular complexity index is 1060. The summed E-state index contributed by atoms with van der Waals surface area (Å²) in [4.78, 5) is 26.5. The highest BCUT2D eigenvalue weighted by molar-refractivity contribution is 6.15. The van der Waals surface area contributed by atoms with Gasteiger partial charge >= 0.3 is 12.2 Å². The maximum Gasteiger partial charge on any atom is 0.416 e. The Hall–Kier alpha value is -3.61. The highest BCUT2D eigenvalue weighted by atomic mass is 19.4. The third-order valence-corrected chi connectivity index (χ3v) is 4.44. The van der Waals surface area contributed by atoms with Crippen molar-refractivity contribution in [2.24, 2.45) is 5.73 Å². The van der Waals surface area contributed by atoms with E-state index in [2.05, 4.69) is 0 Å². The molecule has 2 amide bonds. The molecule has 0 unspecified atom stereocenters. The average molecular weight is 398 g/mol. The predicted octanol–water partition coefficient (Wildman–Crippen LogP) is 5.46. The van der Waals surface area contributed by atoms with E-state index in [9.17, 15) is 22.8 Å². The molecule has 3 aromatic carbocycles. The SMILES string of the molecule is Cc1ccccc1N(C(N)=O)c1ccccc1C(=O)c1ccc(C(F)(F)F)cc1. The molecule has 0 bridgehead atoms. The Kier molecular flexibility index (Phi) is 5.41. The number of anilines is 2. The molecule has 0 aliphatic heterocycles. The van der Waals surface area contributed by atoms with Crippen LogP contribution in [-0.2, 0) is 6.18 Å². The number of aryl methyl sites for hydroxylation is 1. The Morgan fingerprint density at radius 3 is 1.93 bits per heavy atom. The molecule has 0 saturated carbocycles. The zero-order valence-electron chi connectivity index (χ0n) is 15.4. The Labute approximate surface area is 165 Å². The Morgan fingerprint density at radius 1 is 0.828 bits per heavy atom. The number of carbonyl (C=O) groups excluding carboxylic acids is 2. The van der Waals surface area contributed by atoms with Crippen LogP contribution in [0, 0.1) is 6.92 Å². The summed E-state index contributed by atoms with van der Waals surface area (Å²) in [5.41, 5.74) is 6.49. The van der Waals surface area contributed by atoms with Crippen LogP contribution in [-0.4, -0.2) is 11.8 Å². The lowest BCUT2D eigenvalue weighted by Gasteiger charge is -2.24. The maximum atomic E-state index is 13.0. The number of para-hydroxylation sites is 2. The van der Waals surface area contributed by atoms with E-state index >= 15 is 0 Å². The topological polar surface area (TPSA) is 63.4 Å². The molecule has 0 fully saturated rings. The van der Waals surface area contributed by atoms with Crippen molar-refractivity contribution < 1.29 is 22.8 Å². The minimum absolute atomic E-state index is 0.0691. The first-order valence-electron chi connectivity index (χ1n) is 8.66. The molecule has 0 radical (unpaired) electrons. The molecular formula is C22H17F3N2O2. The number of primary amides is 1. The number of alkyl halides is 3. The van der Waals surface area contributed by atoms with E-state index in [1.165, 1.54) is 11.0 Å². The van der Waals surface area contributed by atoms with Gasteiger partial charge in [0.1, 0.15) is 0 Å². The van der Waals surface area contributed by atoms with E-state index in [0.29, 0.717) is 5.69 Å². The number of hydrogen-bond donors (Lipinski definition) is 1. The van der Waals surface area contributed by atoms with Gasteiger partial charge in [0.05, 0.1) is 16.9 Å². The molecule has 4 nitrogen and oxygen atoms in total. The minimum Gasteiger partial charge on any atom is -0.351 e. The number of benzene rings is 3. The minimum atomic E-state index is -4.49. The van der Waals surface area contributed by atoms with E-state index in [4.69, 9.17) is 5.73 Å². The van der Waals surface area contributed by atoms with E-state index < -0.39 is 23.6 Å². The lowest BCUT2D eigenvalue weighted by molar-refractivity contribution is -0.137. The van der Waals surface area contributed by atoms with Gasteiger partial charge in [0, 0.05) is 11.1 Å². The fourth-order valence-electron chi connectivity index (χ4n) is 3.01. The van der Waals surface area contributed by atoms with Crippen LogP contribution in [0.1, 0.15) is 27.0 Å². The van der Waals surface area contributed by atoms with Crippen molar-refractivity contribution in [1.82, 2.24) is 0 Å². The van der Waals surface area contributed by atoms with E-state index in [1.807, 2.05) is 0 Å². The summed E-state index contributed by atoms with van der Waals surface area (Å²) in [7, 11) is 0. The first-order valence-corrected chi connectivity index (χ1v) is 8.66. The second-order valence-corrected chi connectivity index (χ2v) is 6.38. The van der Waals surface area contributed by atoms with Gasteiger partial charge in [-0.25, -0.2) is 4.79 Å². The summed E-state index contributed by atoms with van der Waals surface area (Å²) >= 11 is 0. The van der Waals surface area contributed by atoms with E-state index in [-0.39, 0.29) is 16.8 Å². The van der Waals surface area contributed by atoms with E-state index in [1.54, 1.807) is 49.4 Å². The predicted molar refractivity (Wildman–Crippen MR) is 104 cm³/mol. The Balaban J connectivity index is 2.07. The van der Waals surface area contributed by atoms with Crippen molar-refractivity contribution >= 4 is 23.2 Å². The number of nitrogens with zero attached hydrogens (tertiary/aromatic N) is 1. The van der Waals surface area contributed by atoms with Gasteiger partial charge < -0.3 is 5.73 Å². The van der Waals surface area contributed by atoms with Gasteiger partial charge in [-0.05, 0) is 42.8 Å². The lowest BCUT2D eigenvalue weighted by atomic mass is 9.99. The zero-order chi connectivity index (χ0) is 21.2. The molecule has 0 atom stereocenters. The molecule has 0 spiro atoms. The van der Waals surface area contributed by atoms with Gasteiger partial charge in [-0.1, -0.05) is 42.5 Å². The van der Waals surface area contributed by atoms with Crippen molar-refractivity contribution in [1.29, 1.82) is 0 Å². The molecule has 29 heavy (non-hydrogen) atoms. The largest absolute Gasteiger partial charge is 0.416 e. The third-order valence-electron chi connectivity index (χ3n) is 4.44. The summed E-state index contributed by atoms with van der Waals surface area (Å²) < 4.78 is 38.4. The summed E-state index contributed by atoms with van der Waals surface area (Å²) in [6.07, 6.45) is -4.49. The molecule has 0 aromatic heterocycles. The first kappa shape index (κ1) is 20.1. The monoisotopic (exact) mass is 398 g/mol. The van der Waals surface area contributed by atoms with Crippen molar-refractivity contribution in [3.8, 4) is 0 Å². The van der Waals surface area contributed by atoms with Crippen LogP contribution < -0.4 is 10.6 Å². The second kappa shape index (κ2) is 7.79. The van der Waals surface area contributed by atoms with E-state index in [0.717, 1.165) is 29.8 Å². The molecule has 0 heterocycles. The van der Waals surface area contributed by atoms with Gasteiger partial charge in [-0.2, -0.15) is 13.2 Å². The molecule has 0 aliphatic rings. The Morgan fingerprint density at radius 2 is 1.38 bits per heavy atom. The van der Waals surface area contributed by atoms with Crippen LogP contribution in [0.2, 0.25) is 0 Å². The molecule has 7 heteroatoms. The summed E-state index contributed by atoms with van der Waals surface area (Å²) in [5.74, 6) is -0.519. The summed E-state index contributed by atoms with van der Waals surface area (Å²) in [5, 5.41) is 0. The van der Waals surface area contributed by atoms with Crippen LogP contribution >= 0.6 is 0 Å². The fraction of sp³-hybridized carbons (Fsp3) is 0.0909. The zero-order valence-corrected chi connectivity index (χ0v) is 15.4. The molecule has 148 valence electrons. The highest BCUT2D eigenvalue weighted by Crippen LogP contribution is 2.33. The quantitative estimate of drug-likeness (QED) is 0.593.